The summed E-state index contributed by atoms with van der Waals surface area (Å²) in [6, 6.07) is 4.22. The summed E-state index contributed by atoms with van der Waals surface area (Å²) in [4.78, 5) is 0.202. The van der Waals surface area contributed by atoms with Crippen LogP contribution in [0.3, 0.4) is 0 Å². The van der Waals surface area contributed by atoms with Crippen molar-refractivity contribution in [3.05, 3.63) is 42.0 Å². The zero-order valence-electron chi connectivity index (χ0n) is 9.97. The van der Waals surface area contributed by atoms with Gasteiger partial charge in [0.15, 0.2) is 0 Å². The number of anilines is 1. The van der Waals surface area contributed by atoms with Crippen molar-refractivity contribution in [2.24, 2.45) is 7.05 Å². The van der Waals surface area contributed by atoms with E-state index in [1.165, 1.54) is 12.1 Å². The monoisotopic (exact) mass is 267 g/mol. The lowest BCUT2D eigenvalue weighted by molar-refractivity contribution is 0.596. The Kier molecular flexibility index (Phi) is 3.76. The quantitative estimate of drug-likeness (QED) is 0.854. The number of nitrogens with two attached hydrogens (primary N) is 1. The average molecular weight is 267 g/mol. The lowest BCUT2D eigenvalue weighted by atomic mass is 10.3. The summed E-state index contributed by atoms with van der Waals surface area (Å²) >= 11 is 0. The first-order chi connectivity index (χ1) is 8.56. The van der Waals surface area contributed by atoms with Crippen molar-refractivity contribution < 1.29 is 8.60 Å². The van der Waals surface area contributed by atoms with E-state index in [0.717, 1.165) is 5.56 Å². The smallest absolute Gasteiger partial charge is 0.141 e. The van der Waals surface area contributed by atoms with Crippen LogP contribution in [0.15, 0.2) is 35.5 Å². The Morgan fingerprint density at radius 1 is 1.50 bits per heavy atom. The van der Waals surface area contributed by atoms with Gasteiger partial charge in [-0.15, -0.1) is 0 Å². The van der Waals surface area contributed by atoms with Crippen LogP contribution in [0.4, 0.5) is 10.1 Å². The maximum atomic E-state index is 13.5. The van der Waals surface area contributed by atoms with Crippen LogP contribution in [-0.4, -0.2) is 19.7 Å². The molecule has 4 nitrogen and oxygen atoms in total. The fourth-order valence-electron chi connectivity index (χ4n) is 1.62. The van der Waals surface area contributed by atoms with E-state index in [4.69, 9.17) is 5.73 Å². The van der Waals surface area contributed by atoms with E-state index in [1.807, 2.05) is 13.2 Å². The normalized spacial score (nSPS) is 12.6. The molecular formula is C12H14FN3OS. The molecule has 0 aliphatic heterocycles. The molecule has 2 aromatic rings. The maximum absolute atomic E-state index is 13.5. The molecule has 0 aliphatic rings. The molecule has 2 N–H and O–H groups in total. The van der Waals surface area contributed by atoms with Gasteiger partial charge in [-0.3, -0.25) is 8.89 Å². The number of aromatic nitrogens is 2. The second-order valence-electron chi connectivity index (χ2n) is 4.01. The average Bonchev–Trinajstić information content (AvgIpc) is 2.72. The summed E-state index contributed by atoms with van der Waals surface area (Å²) in [5.41, 5.74) is 6.77. The molecule has 1 atom stereocenters. The number of nitrogen functional groups attached to an aromatic ring is 1. The van der Waals surface area contributed by atoms with Gasteiger partial charge in [0.2, 0.25) is 0 Å². The highest BCUT2D eigenvalue weighted by molar-refractivity contribution is 7.85. The third-order valence-corrected chi connectivity index (χ3v) is 3.93. The van der Waals surface area contributed by atoms with Crippen molar-refractivity contribution >= 4 is 16.5 Å². The zero-order valence-corrected chi connectivity index (χ0v) is 10.8. The van der Waals surface area contributed by atoms with E-state index in [-0.39, 0.29) is 4.90 Å². The molecule has 0 amide bonds. The van der Waals surface area contributed by atoms with Gasteiger partial charge in [0.1, 0.15) is 5.82 Å². The Hall–Kier alpha value is -1.69. The zero-order chi connectivity index (χ0) is 13.1. The highest BCUT2D eigenvalue weighted by atomic mass is 32.2. The third kappa shape index (κ3) is 2.95. The molecule has 0 aliphatic carbocycles. The maximum Gasteiger partial charge on any atom is 0.141 e. The summed E-state index contributed by atoms with van der Waals surface area (Å²) in [6.07, 6.45) is 4.18. The lowest BCUT2D eigenvalue weighted by Gasteiger charge is -2.03. The van der Waals surface area contributed by atoms with Gasteiger partial charge >= 0.3 is 0 Å². The van der Waals surface area contributed by atoms with Crippen LogP contribution < -0.4 is 5.73 Å². The third-order valence-electron chi connectivity index (χ3n) is 2.54. The van der Waals surface area contributed by atoms with Gasteiger partial charge < -0.3 is 5.73 Å². The molecule has 6 heteroatoms. The molecule has 0 saturated carbocycles. The fourth-order valence-corrected chi connectivity index (χ4v) is 2.76. The second-order valence-corrected chi connectivity index (χ2v) is 5.55. The highest BCUT2D eigenvalue weighted by Gasteiger charge is 2.10. The van der Waals surface area contributed by atoms with E-state index in [0.29, 0.717) is 17.9 Å². The molecule has 1 unspecified atom stereocenters. The summed E-state index contributed by atoms with van der Waals surface area (Å²) in [5.74, 6) is -0.147. The first-order valence-corrected chi connectivity index (χ1v) is 6.79. The van der Waals surface area contributed by atoms with Gasteiger partial charge in [-0.1, -0.05) is 0 Å². The van der Waals surface area contributed by atoms with E-state index in [2.05, 4.69) is 5.10 Å². The van der Waals surface area contributed by atoms with Crippen LogP contribution in [0.5, 0.6) is 0 Å². The molecule has 0 fully saturated rings. The second kappa shape index (κ2) is 5.30. The number of halogens is 1. The number of hydrogen-bond acceptors (Lipinski definition) is 3. The number of benzene rings is 1. The molecule has 1 heterocycles. The van der Waals surface area contributed by atoms with Crippen molar-refractivity contribution in [1.82, 2.24) is 9.78 Å². The predicted octanol–water partition coefficient (Wildman–Crippen LogP) is 1.49. The molecule has 1 aromatic carbocycles. The van der Waals surface area contributed by atoms with Crippen molar-refractivity contribution in [2.75, 3.05) is 11.5 Å². The van der Waals surface area contributed by atoms with Crippen LogP contribution >= 0.6 is 0 Å². The van der Waals surface area contributed by atoms with Crippen LogP contribution in [0.1, 0.15) is 5.56 Å². The van der Waals surface area contributed by atoms with E-state index in [9.17, 15) is 8.60 Å². The standard InChI is InChI=1S/C12H14FN3OS/c1-16-8-9(7-15-16)4-5-18(17)12-3-2-10(14)6-11(12)13/h2-3,6-8H,4-5,14H2,1H3. The Labute approximate surface area is 107 Å². The van der Waals surface area contributed by atoms with Crippen LogP contribution in [0, 0.1) is 5.82 Å². The fraction of sp³-hybridized carbons (Fsp3) is 0.250. The largest absolute Gasteiger partial charge is 0.399 e. The van der Waals surface area contributed by atoms with Crippen molar-refractivity contribution in [3.8, 4) is 0 Å². The van der Waals surface area contributed by atoms with Gasteiger partial charge in [0, 0.05) is 24.7 Å². The minimum Gasteiger partial charge on any atom is -0.399 e. The lowest BCUT2D eigenvalue weighted by Crippen LogP contribution is -2.04. The number of rotatable bonds is 4. The molecule has 1 aromatic heterocycles. The predicted molar refractivity (Wildman–Crippen MR) is 69.0 cm³/mol. The first kappa shape index (κ1) is 12.8. The molecule has 0 bridgehead atoms. The van der Waals surface area contributed by atoms with Gasteiger partial charge in [-0.25, -0.2) is 4.39 Å². The summed E-state index contributed by atoms with van der Waals surface area (Å²) in [6.45, 7) is 0. The van der Waals surface area contributed by atoms with Gasteiger partial charge in [-0.05, 0) is 30.2 Å². The summed E-state index contributed by atoms with van der Waals surface area (Å²) in [5, 5.41) is 4.02. The van der Waals surface area contributed by atoms with Crippen molar-refractivity contribution in [2.45, 2.75) is 11.3 Å². The first-order valence-electron chi connectivity index (χ1n) is 5.47. The molecule has 0 spiro atoms. The van der Waals surface area contributed by atoms with Crippen molar-refractivity contribution in [3.63, 3.8) is 0 Å². The minimum atomic E-state index is -1.36. The van der Waals surface area contributed by atoms with Gasteiger partial charge in [0.25, 0.3) is 0 Å². The molecule has 0 saturated heterocycles. The Balaban J connectivity index is 2.03. The molecule has 18 heavy (non-hydrogen) atoms. The molecule has 96 valence electrons. The minimum absolute atomic E-state index is 0.202. The van der Waals surface area contributed by atoms with Crippen molar-refractivity contribution in [1.29, 1.82) is 0 Å². The van der Waals surface area contributed by atoms with E-state index < -0.39 is 16.6 Å². The Bertz CT molecular complexity index is 582. The van der Waals surface area contributed by atoms with Crippen LogP contribution in [0.25, 0.3) is 0 Å². The number of nitrogens with zero attached hydrogens (tertiary/aromatic N) is 2. The SMILES string of the molecule is Cn1cc(CCS(=O)c2ccc(N)cc2F)cn1. The summed E-state index contributed by atoms with van der Waals surface area (Å²) < 4.78 is 27.2. The Morgan fingerprint density at radius 3 is 2.89 bits per heavy atom. The van der Waals surface area contributed by atoms with E-state index in [1.54, 1.807) is 16.9 Å². The molecule has 0 radical (unpaired) electrons. The Morgan fingerprint density at radius 2 is 2.28 bits per heavy atom. The topological polar surface area (TPSA) is 60.9 Å². The van der Waals surface area contributed by atoms with Crippen LogP contribution in [0.2, 0.25) is 0 Å². The van der Waals surface area contributed by atoms with Gasteiger partial charge in [-0.2, -0.15) is 5.10 Å². The highest BCUT2D eigenvalue weighted by Crippen LogP contribution is 2.16. The molecular weight excluding hydrogens is 253 g/mol. The number of hydrogen-bond donors (Lipinski definition) is 1. The van der Waals surface area contributed by atoms with E-state index >= 15 is 0 Å². The number of aryl methyl sites for hydroxylation is 2. The van der Waals surface area contributed by atoms with Gasteiger partial charge in [0.05, 0.1) is 21.9 Å². The van der Waals surface area contributed by atoms with Crippen LogP contribution in [-0.2, 0) is 24.3 Å². The summed E-state index contributed by atoms with van der Waals surface area (Å²) in [7, 11) is 0.457. The molecule has 2 rings (SSSR count).